The second-order valence-electron chi connectivity index (χ2n) is 3.43. The second-order valence-corrected chi connectivity index (χ2v) is 3.43. The molecule has 0 bridgehead atoms. The zero-order chi connectivity index (χ0) is 11.1. The molecular formula is C10H18O4. The molecule has 0 aromatic heterocycles. The summed E-state index contributed by atoms with van der Waals surface area (Å²) in [5, 5.41) is 0. The molecule has 0 rings (SSSR count). The number of methoxy groups -OCH3 is 1. The molecule has 14 heavy (non-hydrogen) atoms. The van der Waals surface area contributed by atoms with Crippen molar-refractivity contribution in [3.63, 3.8) is 0 Å². The van der Waals surface area contributed by atoms with Crippen LogP contribution in [0, 0.1) is 5.92 Å². The highest BCUT2D eigenvalue weighted by Crippen LogP contribution is 2.10. The van der Waals surface area contributed by atoms with Gasteiger partial charge in [-0.05, 0) is 6.42 Å². The van der Waals surface area contributed by atoms with Gasteiger partial charge in [0.15, 0.2) is 0 Å². The Morgan fingerprint density at radius 2 is 1.86 bits per heavy atom. The van der Waals surface area contributed by atoms with Crippen LogP contribution < -0.4 is 0 Å². The first-order valence-corrected chi connectivity index (χ1v) is 4.80. The molecule has 0 spiro atoms. The molecule has 0 N–H and O–H groups in total. The normalized spacial score (nSPS) is 12.4. The van der Waals surface area contributed by atoms with E-state index in [0.717, 1.165) is 0 Å². The molecule has 0 aliphatic rings. The minimum atomic E-state index is -0.779. The second kappa shape index (κ2) is 6.40. The molecule has 4 heteroatoms. The Bertz CT molecular complexity index is 198. The van der Waals surface area contributed by atoms with Crippen molar-refractivity contribution < 1.29 is 19.1 Å². The van der Waals surface area contributed by atoms with Crippen LogP contribution >= 0.6 is 0 Å². The lowest BCUT2D eigenvalue weighted by Gasteiger charge is -2.18. The predicted octanol–water partition coefficient (Wildman–Crippen LogP) is 1.53. The van der Waals surface area contributed by atoms with Crippen molar-refractivity contribution in [2.75, 3.05) is 7.11 Å². The molecule has 4 nitrogen and oxygen atoms in total. The van der Waals surface area contributed by atoms with Crippen LogP contribution in [0.1, 0.15) is 33.6 Å². The van der Waals surface area contributed by atoms with Gasteiger partial charge in [0, 0.05) is 12.3 Å². The first kappa shape index (κ1) is 12.9. The molecule has 0 aliphatic carbocycles. The fraction of sp³-hybridized carbons (Fsp3) is 0.800. The topological polar surface area (TPSA) is 52.6 Å². The van der Waals surface area contributed by atoms with Gasteiger partial charge in [-0.25, -0.2) is 4.79 Å². The summed E-state index contributed by atoms with van der Waals surface area (Å²) in [7, 11) is 1.28. The Balaban J connectivity index is 4.23. The van der Waals surface area contributed by atoms with Gasteiger partial charge < -0.3 is 9.47 Å². The fourth-order valence-corrected chi connectivity index (χ4v) is 0.977. The van der Waals surface area contributed by atoms with E-state index in [2.05, 4.69) is 4.74 Å². The number of rotatable bonds is 5. The van der Waals surface area contributed by atoms with Crippen LogP contribution in [0.4, 0.5) is 0 Å². The Morgan fingerprint density at radius 3 is 2.21 bits per heavy atom. The van der Waals surface area contributed by atoms with Crippen molar-refractivity contribution in [1.29, 1.82) is 0 Å². The summed E-state index contributed by atoms with van der Waals surface area (Å²) < 4.78 is 9.53. The van der Waals surface area contributed by atoms with Gasteiger partial charge in [0.05, 0.1) is 7.11 Å². The van der Waals surface area contributed by atoms with Gasteiger partial charge in [-0.3, -0.25) is 4.79 Å². The molecule has 0 amide bonds. The summed E-state index contributed by atoms with van der Waals surface area (Å²) in [6.45, 7) is 5.49. The Hall–Kier alpha value is -1.06. The lowest BCUT2D eigenvalue weighted by atomic mass is 10.1. The number of ether oxygens (including phenoxy) is 2. The summed E-state index contributed by atoms with van der Waals surface area (Å²) in [6.07, 6.45) is 0.268. The van der Waals surface area contributed by atoms with E-state index in [4.69, 9.17) is 4.74 Å². The molecule has 0 heterocycles. The molecule has 0 saturated carbocycles. The minimum absolute atomic E-state index is 0.0664. The van der Waals surface area contributed by atoms with Crippen LogP contribution in [-0.4, -0.2) is 25.2 Å². The highest BCUT2D eigenvalue weighted by Gasteiger charge is 2.26. The third-order valence-electron chi connectivity index (χ3n) is 1.75. The van der Waals surface area contributed by atoms with Crippen molar-refractivity contribution in [2.24, 2.45) is 5.92 Å². The Kier molecular flexibility index (Phi) is 5.92. The third kappa shape index (κ3) is 4.25. The van der Waals surface area contributed by atoms with Crippen LogP contribution in [0.2, 0.25) is 0 Å². The summed E-state index contributed by atoms with van der Waals surface area (Å²) in [6, 6.07) is 0. The van der Waals surface area contributed by atoms with Crippen molar-refractivity contribution >= 4 is 11.9 Å². The summed E-state index contributed by atoms with van der Waals surface area (Å²) in [5.41, 5.74) is 0. The van der Waals surface area contributed by atoms with Gasteiger partial charge in [-0.1, -0.05) is 20.8 Å². The van der Waals surface area contributed by atoms with Crippen LogP contribution in [0.5, 0.6) is 0 Å². The van der Waals surface area contributed by atoms with Crippen LogP contribution in [0.3, 0.4) is 0 Å². The maximum Gasteiger partial charge on any atom is 0.347 e. The molecule has 0 aromatic rings. The fourth-order valence-electron chi connectivity index (χ4n) is 0.977. The summed E-state index contributed by atoms with van der Waals surface area (Å²) in [5.74, 6) is -0.913. The van der Waals surface area contributed by atoms with Crippen LogP contribution in [0.15, 0.2) is 0 Å². The number of carbonyl (C=O) groups is 2. The number of hydrogen-bond donors (Lipinski definition) is 0. The maximum absolute atomic E-state index is 11.2. The minimum Gasteiger partial charge on any atom is -0.466 e. The third-order valence-corrected chi connectivity index (χ3v) is 1.75. The van der Waals surface area contributed by atoms with Gasteiger partial charge in [-0.15, -0.1) is 0 Å². The van der Waals surface area contributed by atoms with Crippen molar-refractivity contribution in [3.8, 4) is 0 Å². The summed E-state index contributed by atoms with van der Waals surface area (Å²) >= 11 is 0. The number of hydrogen-bond acceptors (Lipinski definition) is 4. The molecule has 0 aliphatic heterocycles. The van der Waals surface area contributed by atoms with Crippen LogP contribution in [0.25, 0.3) is 0 Å². The zero-order valence-electron chi connectivity index (χ0n) is 9.20. The average Bonchev–Trinajstić information content (AvgIpc) is 2.13. The van der Waals surface area contributed by atoms with E-state index in [-0.39, 0.29) is 11.9 Å². The largest absolute Gasteiger partial charge is 0.466 e. The van der Waals surface area contributed by atoms with E-state index in [0.29, 0.717) is 12.8 Å². The molecule has 0 saturated heterocycles. The average molecular weight is 202 g/mol. The van der Waals surface area contributed by atoms with Crippen molar-refractivity contribution in [2.45, 2.75) is 39.7 Å². The van der Waals surface area contributed by atoms with Crippen molar-refractivity contribution in [3.05, 3.63) is 0 Å². The first-order chi connectivity index (χ1) is 6.52. The van der Waals surface area contributed by atoms with Gasteiger partial charge in [0.1, 0.15) is 0 Å². The van der Waals surface area contributed by atoms with E-state index in [1.54, 1.807) is 13.8 Å². The highest BCUT2D eigenvalue weighted by molar-refractivity contribution is 5.79. The maximum atomic E-state index is 11.2. The predicted molar refractivity (Wildman–Crippen MR) is 51.6 cm³/mol. The lowest BCUT2D eigenvalue weighted by Crippen LogP contribution is -2.33. The van der Waals surface area contributed by atoms with E-state index in [9.17, 15) is 9.59 Å². The Morgan fingerprint density at radius 1 is 1.29 bits per heavy atom. The van der Waals surface area contributed by atoms with Gasteiger partial charge in [-0.2, -0.15) is 0 Å². The quantitative estimate of drug-likeness (QED) is 0.634. The van der Waals surface area contributed by atoms with E-state index >= 15 is 0 Å². The number of esters is 2. The highest BCUT2D eigenvalue weighted by atomic mass is 16.6. The molecular weight excluding hydrogens is 184 g/mol. The van der Waals surface area contributed by atoms with Gasteiger partial charge >= 0.3 is 11.9 Å². The van der Waals surface area contributed by atoms with Gasteiger partial charge in [0.2, 0.25) is 6.10 Å². The standard InChI is InChI=1S/C10H18O4/c1-5-6-8(11)14-9(7(2)3)10(12)13-4/h7,9H,5-6H2,1-4H3. The molecule has 82 valence electrons. The molecule has 1 atom stereocenters. The zero-order valence-corrected chi connectivity index (χ0v) is 9.20. The Labute approximate surface area is 84.6 Å². The molecule has 0 aromatic carbocycles. The first-order valence-electron chi connectivity index (χ1n) is 4.80. The lowest BCUT2D eigenvalue weighted by molar-refractivity contribution is -0.169. The van der Waals surface area contributed by atoms with Gasteiger partial charge in [0.25, 0.3) is 0 Å². The monoisotopic (exact) mass is 202 g/mol. The number of carbonyl (C=O) groups excluding carboxylic acids is 2. The molecule has 0 radical (unpaired) electrons. The molecule has 1 unspecified atom stereocenters. The summed E-state index contributed by atoms with van der Waals surface area (Å²) in [4.78, 5) is 22.3. The smallest absolute Gasteiger partial charge is 0.347 e. The van der Waals surface area contributed by atoms with E-state index < -0.39 is 12.1 Å². The molecule has 0 fully saturated rings. The SMILES string of the molecule is CCCC(=O)OC(C(=O)OC)C(C)C. The van der Waals surface area contributed by atoms with E-state index in [1.165, 1.54) is 7.11 Å². The van der Waals surface area contributed by atoms with Crippen LogP contribution in [-0.2, 0) is 19.1 Å². The van der Waals surface area contributed by atoms with E-state index in [1.807, 2.05) is 6.92 Å². The van der Waals surface area contributed by atoms with Crippen molar-refractivity contribution in [1.82, 2.24) is 0 Å².